The van der Waals surface area contributed by atoms with Crippen LogP contribution in [0.15, 0.2) is 0 Å². The number of amides is 2. The molecule has 2 rings (SSSR count). The minimum atomic E-state index is 0.234. The molecule has 0 unspecified atom stereocenters. The lowest BCUT2D eigenvalue weighted by Crippen LogP contribution is -2.55. The van der Waals surface area contributed by atoms with Gasteiger partial charge in [0, 0.05) is 45.3 Å². The summed E-state index contributed by atoms with van der Waals surface area (Å²) in [6.45, 7) is 8.24. The quantitative estimate of drug-likeness (QED) is 0.732. The highest BCUT2D eigenvalue weighted by molar-refractivity contribution is 5.74. The molecule has 1 heterocycles. The maximum atomic E-state index is 12.2. The highest BCUT2D eigenvalue weighted by Crippen LogP contribution is 2.24. The average molecular weight is 239 g/mol. The first kappa shape index (κ1) is 12.7. The van der Waals surface area contributed by atoms with Crippen LogP contribution in [0.25, 0.3) is 0 Å². The summed E-state index contributed by atoms with van der Waals surface area (Å²) in [5, 5.41) is 0. The molecule has 17 heavy (non-hydrogen) atoms. The molecule has 4 heteroatoms. The van der Waals surface area contributed by atoms with Gasteiger partial charge in [-0.25, -0.2) is 4.79 Å². The van der Waals surface area contributed by atoms with Crippen LogP contribution in [-0.4, -0.2) is 66.0 Å². The van der Waals surface area contributed by atoms with Crippen LogP contribution in [-0.2, 0) is 0 Å². The Balaban J connectivity index is 1.81. The molecule has 2 aliphatic rings. The van der Waals surface area contributed by atoms with Gasteiger partial charge in [-0.05, 0) is 33.1 Å². The van der Waals surface area contributed by atoms with E-state index in [0.717, 1.165) is 26.2 Å². The van der Waals surface area contributed by atoms with Gasteiger partial charge >= 0.3 is 6.03 Å². The maximum absolute atomic E-state index is 12.2. The zero-order valence-electron chi connectivity index (χ0n) is 11.4. The molecule has 0 bridgehead atoms. The molecule has 1 saturated carbocycles. The Bertz CT molecular complexity index is 268. The lowest BCUT2D eigenvalue weighted by molar-refractivity contribution is 0.0850. The van der Waals surface area contributed by atoms with Crippen molar-refractivity contribution in [3.05, 3.63) is 0 Å². The molecule has 4 nitrogen and oxygen atoms in total. The van der Waals surface area contributed by atoms with Crippen LogP contribution in [0.1, 0.15) is 33.1 Å². The second-order valence-electron chi connectivity index (χ2n) is 5.59. The topological polar surface area (TPSA) is 26.8 Å². The molecule has 1 aliphatic heterocycles. The SMILES string of the molecule is CC(C)N1CCN(C(=O)N(C)C2CCC2)CC1. The number of carbonyl (C=O) groups is 1. The van der Waals surface area contributed by atoms with Crippen molar-refractivity contribution < 1.29 is 4.79 Å². The average Bonchev–Trinajstić information content (AvgIpc) is 2.25. The van der Waals surface area contributed by atoms with Crippen LogP contribution in [0.4, 0.5) is 4.79 Å². The molecule has 0 N–H and O–H groups in total. The van der Waals surface area contributed by atoms with Gasteiger partial charge in [0.25, 0.3) is 0 Å². The first-order valence-electron chi connectivity index (χ1n) is 6.85. The van der Waals surface area contributed by atoms with E-state index < -0.39 is 0 Å². The third-order valence-corrected chi connectivity index (χ3v) is 4.24. The van der Waals surface area contributed by atoms with E-state index in [4.69, 9.17) is 0 Å². The Kier molecular flexibility index (Phi) is 3.92. The molecule has 0 aromatic carbocycles. The molecule has 0 atom stereocenters. The largest absolute Gasteiger partial charge is 0.325 e. The zero-order chi connectivity index (χ0) is 12.4. The number of hydrogen-bond donors (Lipinski definition) is 0. The Labute approximate surface area is 105 Å². The van der Waals surface area contributed by atoms with Gasteiger partial charge in [-0.3, -0.25) is 4.90 Å². The summed E-state index contributed by atoms with van der Waals surface area (Å²) in [5.41, 5.74) is 0. The fourth-order valence-electron chi connectivity index (χ4n) is 2.58. The van der Waals surface area contributed by atoms with Crippen LogP contribution < -0.4 is 0 Å². The van der Waals surface area contributed by atoms with Crippen molar-refractivity contribution in [2.24, 2.45) is 0 Å². The van der Waals surface area contributed by atoms with Crippen LogP contribution in [0.3, 0.4) is 0 Å². The molecule has 98 valence electrons. The zero-order valence-corrected chi connectivity index (χ0v) is 11.4. The first-order valence-corrected chi connectivity index (χ1v) is 6.85. The smallest absolute Gasteiger partial charge is 0.320 e. The fourth-order valence-corrected chi connectivity index (χ4v) is 2.58. The first-order chi connectivity index (χ1) is 8.09. The van der Waals surface area contributed by atoms with E-state index in [9.17, 15) is 4.79 Å². The monoisotopic (exact) mass is 239 g/mol. The van der Waals surface area contributed by atoms with E-state index >= 15 is 0 Å². The van der Waals surface area contributed by atoms with E-state index in [1.54, 1.807) is 0 Å². The predicted molar refractivity (Wildman–Crippen MR) is 69.1 cm³/mol. The van der Waals surface area contributed by atoms with E-state index in [0.29, 0.717) is 12.1 Å². The van der Waals surface area contributed by atoms with Crippen molar-refractivity contribution in [3.63, 3.8) is 0 Å². The molecule has 0 spiro atoms. The standard InChI is InChI=1S/C13H25N3O/c1-11(2)15-7-9-16(10-8-15)13(17)14(3)12-5-4-6-12/h11-12H,4-10H2,1-3H3. The highest BCUT2D eigenvalue weighted by atomic mass is 16.2. The summed E-state index contributed by atoms with van der Waals surface area (Å²) < 4.78 is 0. The van der Waals surface area contributed by atoms with Gasteiger partial charge < -0.3 is 9.80 Å². The van der Waals surface area contributed by atoms with Crippen molar-refractivity contribution in [1.82, 2.24) is 14.7 Å². The normalized spacial score (nSPS) is 22.7. The number of piperazine rings is 1. The lowest BCUT2D eigenvalue weighted by Gasteiger charge is -2.42. The van der Waals surface area contributed by atoms with Crippen LogP contribution in [0, 0.1) is 0 Å². The molecule has 1 aliphatic carbocycles. The van der Waals surface area contributed by atoms with Gasteiger partial charge in [0.2, 0.25) is 0 Å². The van der Waals surface area contributed by atoms with E-state index in [2.05, 4.69) is 18.7 Å². The van der Waals surface area contributed by atoms with Gasteiger partial charge in [0.1, 0.15) is 0 Å². The second kappa shape index (κ2) is 5.25. The molecular weight excluding hydrogens is 214 g/mol. The van der Waals surface area contributed by atoms with Crippen LogP contribution >= 0.6 is 0 Å². The lowest BCUT2D eigenvalue weighted by atomic mass is 9.92. The van der Waals surface area contributed by atoms with Gasteiger partial charge in [-0.1, -0.05) is 0 Å². The third-order valence-electron chi connectivity index (χ3n) is 4.24. The highest BCUT2D eigenvalue weighted by Gasteiger charge is 2.30. The minimum Gasteiger partial charge on any atom is -0.325 e. The van der Waals surface area contributed by atoms with Crippen LogP contribution in [0.2, 0.25) is 0 Å². The Morgan fingerprint density at radius 2 is 1.76 bits per heavy atom. The maximum Gasteiger partial charge on any atom is 0.320 e. The minimum absolute atomic E-state index is 0.234. The molecule has 0 aromatic heterocycles. The van der Waals surface area contributed by atoms with Crippen LogP contribution in [0.5, 0.6) is 0 Å². The molecule has 1 saturated heterocycles. The fraction of sp³-hybridized carbons (Fsp3) is 0.923. The third kappa shape index (κ3) is 2.73. The van der Waals surface area contributed by atoms with Crippen molar-refractivity contribution in [3.8, 4) is 0 Å². The number of carbonyl (C=O) groups excluding carboxylic acids is 1. The number of nitrogens with zero attached hydrogens (tertiary/aromatic N) is 3. The summed E-state index contributed by atoms with van der Waals surface area (Å²) in [4.78, 5) is 18.6. The van der Waals surface area contributed by atoms with Crippen molar-refractivity contribution >= 4 is 6.03 Å². The summed E-state index contributed by atoms with van der Waals surface area (Å²) >= 11 is 0. The van der Waals surface area contributed by atoms with Gasteiger partial charge in [-0.15, -0.1) is 0 Å². The summed E-state index contributed by atoms with van der Waals surface area (Å²) in [6.07, 6.45) is 3.66. The van der Waals surface area contributed by atoms with Crippen molar-refractivity contribution in [2.75, 3.05) is 33.2 Å². The van der Waals surface area contributed by atoms with E-state index in [-0.39, 0.29) is 6.03 Å². The van der Waals surface area contributed by atoms with E-state index in [1.165, 1.54) is 19.3 Å². The van der Waals surface area contributed by atoms with Crippen molar-refractivity contribution in [2.45, 2.75) is 45.2 Å². The molecular formula is C13H25N3O. The van der Waals surface area contributed by atoms with Gasteiger partial charge in [-0.2, -0.15) is 0 Å². The number of rotatable bonds is 2. The Morgan fingerprint density at radius 1 is 1.18 bits per heavy atom. The predicted octanol–water partition coefficient (Wildman–Crippen LogP) is 1.62. The molecule has 0 radical (unpaired) electrons. The van der Waals surface area contributed by atoms with E-state index in [1.807, 2.05) is 16.8 Å². The number of urea groups is 1. The van der Waals surface area contributed by atoms with Gasteiger partial charge in [0.15, 0.2) is 0 Å². The summed E-state index contributed by atoms with van der Waals surface area (Å²) in [6, 6.07) is 1.33. The second-order valence-corrected chi connectivity index (χ2v) is 5.59. The van der Waals surface area contributed by atoms with Crippen molar-refractivity contribution in [1.29, 1.82) is 0 Å². The summed E-state index contributed by atoms with van der Waals surface area (Å²) in [7, 11) is 1.96. The molecule has 0 aromatic rings. The summed E-state index contributed by atoms with van der Waals surface area (Å²) in [5.74, 6) is 0. The number of hydrogen-bond acceptors (Lipinski definition) is 2. The molecule has 2 fully saturated rings. The van der Waals surface area contributed by atoms with Gasteiger partial charge in [0.05, 0.1) is 0 Å². The Morgan fingerprint density at radius 3 is 2.18 bits per heavy atom. The molecule has 2 amide bonds. The Hall–Kier alpha value is -0.770.